The Kier molecular flexibility index (Phi) is 9.01. The van der Waals surface area contributed by atoms with Crippen LogP contribution in [-0.2, 0) is 4.79 Å². The number of carbonyl (C=O) groups excluding carboxylic acids is 1. The van der Waals surface area contributed by atoms with E-state index >= 15 is 0 Å². The first-order valence-corrected chi connectivity index (χ1v) is 15.3. The summed E-state index contributed by atoms with van der Waals surface area (Å²) in [6.45, 7) is 11.7. The minimum Gasteiger partial charge on any atom is -0.504 e. The molecule has 1 amide bonds. The average Bonchev–Trinajstić information content (AvgIpc) is 3.02. The number of hydrogen-bond donors (Lipinski definition) is 1. The summed E-state index contributed by atoms with van der Waals surface area (Å²) in [6, 6.07) is 4.83. The molecule has 4 aromatic rings. The second-order valence-corrected chi connectivity index (χ2v) is 12.4. The van der Waals surface area contributed by atoms with Crippen LogP contribution in [0.2, 0.25) is 15.1 Å². The van der Waals surface area contributed by atoms with Crippen LogP contribution in [0.1, 0.15) is 43.5 Å². The number of phenolic OH excluding ortho intramolecular Hbond substituents is 1. The first-order chi connectivity index (χ1) is 21.7. The molecule has 0 bridgehead atoms. The molecule has 3 aromatic heterocycles. The molecule has 0 spiro atoms. The number of aryl methyl sites for hydroxylation is 1. The lowest BCUT2D eigenvalue weighted by atomic mass is 10.0. The topological polar surface area (TPSA) is 115 Å². The molecule has 14 heteroatoms. The molecule has 1 aliphatic rings. The van der Waals surface area contributed by atoms with Gasteiger partial charge in [-0.3, -0.25) is 19.1 Å². The van der Waals surface area contributed by atoms with Crippen molar-refractivity contribution in [3.8, 4) is 28.8 Å². The van der Waals surface area contributed by atoms with Crippen molar-refractivity contribution in [2.45, 2.75) is 39.7 Å². The number of benzene rings is 1. The summed E-state index contributed by atoms with van der Waals surface area (Å²) in [5.41, 5.74) is -0.170. The molecule has 1 N–H and O–H groups in total. The molecule has 0 unspecified atom stereocenters. The number of aromatic nitrogens is 3. The third kappa shape index (κ3) is 5.24. The zero-order chi connectivity index (χ0) is 33.8. The summed E-state index contributed by atoms with van der Waals surface area (Å²) >= 11 is 18.6. The number of carbonyl (C=O) groups is 1. The molecular formula is C32H27Cl3F2N6O3. The van der Waals surface area contributed by atoms with E-state index in [4.69, 9.17) is 34.8 Å². The van der Waals surface area contributed by atoms with Crippen molar-refractivity contribution >= 4 is 57.4 Å². The predicted molar refractivity (Wildman–Crippen MR) is 174 cm³/mol. The summed E-state index contributed by atoms with van der Waals surface area (Å²) in [6.07, 6.45) is 2.82. The third-order valence-corrected chi connectivity index (χ3v) is 8.97. The number of nitriles is 1. The second-order valence-electron chi connectivity index (χ2n) is 11.2. The molecule has 46 heavy (non-hydrogen) atoms. The number of halogens is 5. The van der Waals surface area contributed by atoms with Gasteiger partial charge in [0, 0.05) is 37.3 Å². The highest BCUT2D eigenvalue weighted by Gasteiger charge is 2.33. The van der Waals surface area contributed by atoms with Gasteiger partial charge >= 0.3 is 0 Å². The maximum absolute atomic E-state index is 14.9. The summed E-state index contributed by atoms with van der Waals surface area (Å²) < 4.78 is 31.0. The van der Waals surface area contributed by atoms with E-state index in [2.05, 4.69) is 22.6 Å². The van der Waals surface area contributed by atoms with Gasteiger partial charge in [-0.1, -0.05) is 55.2 Å². The fourth-order valence-electron chi connectivity index (χ4n) is 5.81. The molecule has 9 nitrogen and oxygen atoms in total. The van der Waals surface area contributed by atoms with Gasteiger partial charge in [0.2, 0.25) is 5.91 Å². The Morgan fingerprint density at radius 2 is 1.89 bits per heavy atom. The van der Waals surface area contributed by atoms with Crippen molar-refractivity contribution in [1.29, 1.82) is 5.26 Å². The lowest BCUT2D eigenvalue weighted by molar-refractivity contribution is -0.128. The zero-order valence-electron chi connectivity index (χ0n) is 25.1. The maximum atomic E-state index is 14.9. The smallest absolute Gasteiger partial charge is 0.276 e. The maximum Gasteiger partial charge on any atom is 0.276 e. The van der Waals surface area contributed by atoms with Gasteiger partial charge in [0.05, 0.1) is 38.4 Å². The van der Waals surface area contributed by atoms with Crippen LogP contribution in [0, 0.1) is 29.9 Å². The molecule has 4 heterocycles. The highest BCUT2D eigenvalue weighted by atomic mass is 35.5. The van der Waals surface area contributed by atoms with Gasteiger partial charge in [-0.25, -0.2) is 13.8 Å². The molecule has 238 valence electrons. The van der Waals surface area contributed by atoms with E-state index in [-0.39, 0.29) is 70.5 Å². The Labute approximate surface area is 277 Å². The number of amides is 1. The monoisotopic (exact) mass is 686 g/mol. The minimum absolute atomic E-state index is 0.0418. The van der Waals surface area contributed by atoms with Crippen molar-refractivity contribution in [2.24, 2.45) is 0 Å². The van der Waals surface area contributed by atoms with E-state index in [0.717, 1.165) is 0 Å². The molecule has 0 radical (unpaired) electrons. The molecule has 0 aliphatic carbocycles. The Bertz CT molecular complexity index is 2030. The van der Waals surface area contributed by atoms with Gasteiger partial charge in [0.15, 0.2) is 17.4 Å². The predicted octanol–water partition coefficient (Wildman–Crippen LogP) is 6.92. The number of anilines is 1. The number of aromatic hydroxyl groups is 1. The second kappa shape index (κ2) is 12.5. The fraction of sp³-hybridized carbons (Fsp3) is 0.281. The van der Waals surface area contributed by atoms with Gasteiger partial charge < -0.3 is 14.9 Å². The first-order valence-electron chi connectivity index (χ1n) is 14.1. The number of pyridine rings is 3. The number of nitrogens with zero attached hydrogens (tertiary/aromatic N) is 6. The van der Waals surface area contributed by atoms with Gasteiger partial charge in [-0.05, 0) is 43.5 Å². The van der Waals surface area contributed by atoms with Crippen LogP contribution in [-0.4, -0.2) is 56.1 Å². The van der Waals surface area contributed by atoms with Crippen LogP contribution in [0.5, 0.6) is 5.75 Å². The summed E-state index contributed by atoms with van der Waals surface area (Å²) in [5.74, 6) is -4.33. The van der Waals surface area contributed by atoms with Crippen LogP contribution in [0.25, 0.3) is 28.0 Å². The van der Waals surface area contributed by atoms with Crippen LogP contribution in [0.3, 0.4) is 0 Å². The zero-order valence-corrected chi connectivity index (χ0v) is 27.4. The molecule has 1 atom stereocenters. The summed E-state index contributed by atoms with van der Waals surface area (Å²) in [4.78, 5) is 39.4. The molecule has 1 aliphatic heterocycles. The molecule has 5 rings (SSSR count). The Hall–Kier alpha value is -4.24. The quantitative estimate of drug-likeness (QED) is 0.138. The van der Waals surface area contributed by atoms with E-state index < -0.39 is 38.6 Å². The Morgan fingerprint density at radius 3 is 2.50 bits per heavy atom. The van der Waals surface area contributed by atoms with E-state index in [9.17, 15) is 28.7 Å². The lowest BCUT2D eigenvalue weighted by Gasteiger charge is -2.41. The largest absolute Gasteiger partial charge is 0.504 e. The normalized spacial score (nSPS) is 15.0. The molecule has 0 saturated carbocycles. The SMILES string of the molecule is C=CC(=O)N1CCN(c2c(C#N)c(=O)n(-c3c(C)ccnc3C(C)C)c3nc(-c4c(O)c(F)c(Cl)c(F)c4Cl)c(Cl)cc23)C[C@H]1C. The fourth-order valence-corrected chi connectivity index (χ4v) is 6.56. The number of rotatable bonds is 5. The highest BCUT2D eigenvalue weighted by Crippen LogP contribution is 2.46. The van der Waals surface area contributed by atoms with Gasteiger partial charge in [-0.15, -0.1) is 0 Å². The molecule has 1 fully saturated rings. The highest BCUT2D eigenvalue weighted by molar-refractivity contribution is 6.39. The van der Waals surface area contributed by atoms with Crippen molar-refractivity contribution in [1.82, 2.24) is 19.4 Å². The van der Waals surface area contributed by atoms with Crippen molar-refractivity contribution in [3.63, 3.8) is 0 Å². The Morgan fingerprint density at radius 1 is 1.20 bits per heavy atom. The van der Waals surface area contributed by atoms with E-state index in [1.54, 1.807) is 29.0 Å². The molecule has 1 aromatic carbocycles. The third-order valence-electron chi connectivity index (χ3n) is 7.99. The van der Waals surface area contributed by atoms with Crippen LogP contribution < -0.4 is 10.5 Å². The van der Waals surface area contributed by atoms with E-state index in [0.29, 0.717) is 16.9 Å². The van der Waals surface area contributed by atoms with Crippen LogP contribution >= 0.6 is 34.8 Å². The van der Waals surface area contributed by atoms with Crippen LogP contribution in [0.15, 0.2) is 35.8 Å². The number of phenols is 1. The van der Waals surface area contributed by atoms with Crippen molar-refractivity contribution in [3.05, 3.63) is 84.9 Å². The summed E-state index contributed by atoms with van der Waals surface area (Å²) in [7, 11) is 0. The van der Waals surface area contributed by atoms with Crippen molar-refractivity contribution in [2.75, 3.05) is 24.5 Å². The standard InChI is InChI=1S/C32H27Cl3F2N6O3/c1-6-20(44)42-10-9-41(13-16(42)5)29-17-11-19(33)27(21-22(34)24(36)23(35)25(37)30(21)45)40-31(17)43(32(46)18(29)12-38)28-15(4)7-8-39-26(28)14(2)3/h6-8,11,14,16,45H,1,9-10,13H2,2-5H3/t16-/m1/s1. The molecule has 1 saturated heterocycles. The average molecular weight is 688 g/mol. The van der Waals surface area contributed by atoms with Crippen molar-refractivity contribution < 1.29 is 18.7 Å². The number of fused-ring (bicyclic) bond motifs is 1. The Balaban J connectivity index is 1.94. The molecular weight excluding hydrogens is 661 g/mol. The minimum atomic E-state index is -1.47. The first kappa shape index (κ1) is 33.1. The van der Waals surface area contributed by atoms with Gasteiger partial charge in [-0.2, -0.15) is 5.26 Å². The van der Waals surface area contributed by atoms with Gasteiger partial charge in [0.25, 0.3) is 5.56 Å². The summed E-state index contributed by atoms with van der Waals surface area (Å²) in [5, 5.41) is 19.5. The van der Waals surface area contributed by atoms with E-state index in [1.165, 1.54) is 16.7 Å². The number of piperazine rings is 1. The lowest BCUT2D eigenvalue weighted by Crippen LogP contribution is -2.54. The number of hydrogen-bond acceptors (Lipinski definition) is 7. The van der Waals surface area contributed by atoms with E-state index in [1.807, 2.05) is 20.8 Å². The van der Waals surface area contributed by atoms with Crippen LogP contribution in [0.4, 0.5) is 14.5 Å². The van der Waals surface area contributed by atoms with Gasteiger partial charge in [0.1, 0.15) is 22.3 Å².